The van der Waals surface area contributed by atoms with E-state index in [1.165, 1.54) is 13.8 Å². The van der Waals surface area contributed by atoms with Crippen molar-refractivity contribution in [2.24, 2.45) is 58.3 Å². The Morgan fingerprint density at radius 1 is 0.614 bits per heavy atom. The van der Waals surface area contributed by atoms with Crippen LogP contribution in [0.4, 0.5) is 0 Å². The molecule has 0 saturated carbocycles. The number of nitrogens with two attached hydrogens (primary N) is 5. The van der Waals surface area contributed by atoms with Crippen LogP contribution in [0.1, 0.15) is 143 Å². The van der Waals surface area contributed by atoms with Gasteiger partial charge in [0.15, 0.2) is 23.1 Å². The minimum Gasteiger partial charge on any atom is -0.393 e. The number of carbonyl (C=O) groups is 11. The predicted octanol–water partition coefficient (Wildman–Crippen LogP) is -1.52. The maximum Gasteiger partial charge on any atom is 0.243 e. The summed E-state index contributed by atoms with van der Waals surface area (Å²) in [4.78, 5) is 154. The summed E-state index contributed by atoms with van der Waals surface area (Å²) in [5, 5.41) is 40.4. The van der Waals surface area contributed by atoms with Crippen LogP contribution in [-0.2, 0) is 59.2 Å². The molecular formula is C58H98N12O13. The molecule has 83 heavy (non-hydrogen) atoms. The van der Waals surface area contributed by atoms with Crippen molar-refractivity contribution in [1.29, 1.82) is 0 Å². The average molecular weight is 1170 g/mol. The molecule has 1 aliphatic rings. The number of nitrogens with one attached hydrogen (secondary N) is 7. The van der Waals surface area contributed by atoms with Gasteiger partial charge >= 0.3 is 0 Å². The molecule has 19 N–H and O–H groups in total. The number of Topliss-reactive ketones (excluding diaryl/α,β-unsaturated/α-hetero) is 4. The van der Waals surface area contributed by atoms with Crippen molar-refractivity contribution in [2.45, 2.75) is 192 Å². The van der Waals surface area contributed by atoms with Gasteiger partial charge in [-0.25, -0.2) is 0 Å². The molecule has 0 radical (unpaired) electrons. The lowest BCUT2D eigenvalue weighted by atomic mass is 9.89. The summed E-state index contributed by atoms with van der Waals surface area (Å²) >= 11 is 0. The number of rotatable bonds is 30. The second-order valence-electron chi connectivity index (χ2n) is 22.3. The molecule has 1 saturated heterocycles. The van der Waals surface area contributed by atoms with E-state index in [1.807, 2.05) is 20.8 Å². The highest BCUT2D eigenvalue weighted by atomic mass is 16.3. The van der Waals surface area contributed by atoms with Crippen LogP contribution < -0.4 is 65.9 Å². The van der Waals surface area contributed by atoms with Crippen LogP contribution in [0.15, 0.2) is 30.3 Å². The normalized spacial score (nSPS) is 23.0. The van der Waals surface area contributed by atoms with E-state index < -0.39 is 156 Å². The van der Waals surface area contributed by atoms with E-state index >= 15 is 0 Å². The van der Waals surface area contributed by atoms with E-state index in [-0.39, 0.29) is 109 Å². The first-order chi connectivity index (χ1) is 39.4. The number of unbranched alkanes of at least 4 members (excludes halogenated alkanes) is 3. The first kappa shape index (κ1) is 73.0. The number of amides is 7. The lowest BCUT2D eigenvalue weighted by Crippen LogP contribution is -2.57. The molecule has 0 spiro atoms. The van der Waals surface area contributed by atoms with Gasteiger partial charge < -0.3 is 76.1 Å². The smallest absolute Gasteiger partial charge is 0.243 e. The zero-order valence-corrected chi connectivity index (χ0v) is 49.4. The Balaban J connectivity index is 2.70. The quantitative estimate of drug-likeness (QED) is 0.0389. The molecule has 0 bridgehead atoms. The van der Waals surface area contributed by atoms with Gasteiger partial charge in [0, 0.05) is 50.5 Å². The predicted molar refractivity (Wildman–Crippen MR) is 312 cm³/mol. The third kappa shape index (κ3) is 26.6. The molecule has 25 nitrogen and oxygen atoms in total. The highest BCUT2D eigenvalue weighted by molar-refractivity contribution is 5.99. The van der Waals surface area contributed by atoms with Crippen molar-refractivity contribution in [2.75, 3.05) is 39.3 Å². The van der Waals surface area contributed by atoms with Crippen molar-refractivity contribution in [3.8, 4) is 0 Å². The molecule has 1 aliphatic heterocycles. The number of hydrogen-bond donors (Lipinski definition) is 14. The van der Waals surface area contributed by atoms with Gasteiger partial charge in [-0.15, -0.1) is 0 Å². The standard InChI is InChI=1S/C58H98N12O13/c1-6-7-8-12-15-52(77)65-42(16-22-59)50(75)33-41(36(5)72)56(81)67-44(18-24-61)48(73)30-38-21-27-64-55(80)40(35(4)71)32-51(76)45(19-25-62)68-57(82)46(20-26-63)69-58(83)47(28-34(2)3)70-54(79)39(29-37-13-10-9-11-14-37)31-49(74)43(17-23-60)66-53(38)78/h9-11,13-14,34-36,38-47,71-72H,6-8,12,15-33,59-63H2,1-5H3,(H,64,80)(H,65,77)(H,66,78)(H,67,81)(H,68,82)(H,69,83)(H,70,79)/t35-,36-,38-,39+,40+,41+,42+,43+,44+,45+,46+,47+/m1/s1. The number of benzene rings is 1. The van der Waals surface area contributed by atoms with Gasteiger partial charge in [0.05, 0.1) is 48.2 Å². The largest absolute Gasteiger partial charge is 0.393 e. The third-order valence-electron chi connectivity index (χ3n) is 14.8. The van der Waals surface area contributed by atoms with E-state index in [1.54, 1.807) is 30.3 Å². The van der Waals surface area contributed by atoms with Crippen molar-refractivity contribution >= 4 is 64.5 Å². The van der Waals surface area contributed by atoms with Gasteiger partial charge in [-0.1, -0.05) is 70.4 Å². The molecule has 468 valence electrons. The Kier molecular flexibility index (Phi) is 34.7. The average Bonchev–Trinajstić information content (AvgIpc) is 3.48. The molecule has 1 heterocycles. The van der Waals surface area contributed by atoms with Gasteiger partial charge in [0.25, 0.3) is 0 Å². The highest BCUT2D eigenvalue weighted by Crippen LogP contribution is 2.21. The van der Waals surface area contributed by atoms with Crippen molar-refractivity contribution in [1.82, 2.24) is 37.2 Å². The van der Waals surface area contributed by atoms with Gasteiger partial charge in [-0.2, -0.15) is 0 Å². The minimum absolute atomic E-state index is 0.0130. The number of aliphatic hydroxyl groups is 2. The molecule has 0 aromatic heterocycles. The molecule has 0 unspecified atom stereocenters. The molecule has 25 heteroatoms. The SMILES string of the molecule is CCCCCCC(=O)N[C@@H](CCN)C(=O)C[C@H](C(=O)N[C@@H](CCN)C(=O)C[C@H]1CCNC(=O)[C@H]([C@@H](C)O)CC(=O)[C@H](CCN)NC(=O)[C@H](CCN)NC(=O)[C@H](CC(C)C)NC(=O)[C@@H](Cc2ccccc2)CC(=O)[C@H](CCN)NC1=O)[C@@H](C)O. The molecule has 1 aromatic rings. The summed E-state index contributed by atoms with van der Waals surface area (Å²) in [6.45, 7) is 7.49. The number of carbonyl (C=O) groups excluding carboxylic acids is 11. The second-order valence-corrected chi connectivity index (χ2v) is 22.3. The fourth-order valence-electron chi connectivity index (χ4n) is 9.88. The Morgan fingerprint density at radius 3 is 1.70 bits per heavy atom. The van der Waals surface area contributed by atoms with Crippen LogP contribution in [0, 0.1) is 29.6 Å². The second kappa shape index (κ2) is 39.5. The summed E-state index contributed by atoms with van der Waals surface area (Å²) in [6, 6.07) is 1.19. The Morgan fingerprint density at radius 2 is 1.14 bits per heavy atom. The highest BCUT2D eigenvalue weighted by Gasteiger charge is 2.38. The first-order valence-electron chi connectivity index (χ1n) is 29.5. The molecule has 12 atom stereocenters. The van der Waals surface area contributed by atoms with E-state index in [4.69, 9.17) is 28.7 Å². The Bertz CT molecular complexity index is 2250. The van der Waals surface area contributed by atoms with E-state index in [0.717, 1.165) is 19.3 Å². The lowest BCUT2D eigenvalue weighted by Gasteiger charge is -2.28. The van der Waals surface area contributed by atoms with Gasteiger partial charge in [-0.3, -0.25) is 52.7 Å². The van der Waals surface area contributed by atoms with Crippen LogP contribution in [0.25, 0.3) is 0 Å². The minimum atomic E-state index is -1.43. The first-order valence-corrected chi connectivity index (χ1v) is 29.5. The van der Waals surface area contributed by atoms with Crippen LogP contribution in [0.5, 0.6) is 0 Å². The van der Waals surface area contributed by atoms with Crippen LogP contribution >= 0.6 is 0 Å². The Labute approximate surface area is 488 Å². The van der Waals surface area contributed by atoms with Crippen LogP contribution in [-0.4, -0.2) is 162 Å². The van der Waals surface area contributed by atoms with E-state index in [0.29, 0.717) is 12.0 Å². The van der Waals surface area contributed by atoms with E-state index in [9.17, 15) is 63.0 Å². The molecule has 2 rings (SSSR count). The maximum absolute atomic E-state index is 14.6. The zero-order valence-electron chi connectivity index (χ0n) is 49.4. The number of hydrogen-bond acceptors (Lipinski definition) is 18. The number of ketones is 4. The zero-order chi connectivity index (χ0) is 62.2. The van der Waals surface area contributed by atoms with Gasteiger partial charge in [0.2, 0.25) is 41.4 Å². The van der Waals surface area contributed by atoms with Gasteiger partial charge in [0.1, 0.15) is 12.1 Å². The van der Waals surface area contributed by atoms with Crippen LogP contribution in [0.2, 0.25) is 0 Å². The fraction of sp³-hybridized carbons (Fsp3) is 0.707. The summed E-state index contributed by atoms with van der Waals surface area (Å²) in [5.74, 6) is -13.2. The van der Waals surface area contributed by atoms with Crippen molar-refractivity contribution in [3.63, 3.8) is 0 Å². The lowest BCUT2D eigenvalue weighted by molar-refractivity contribution is -0.137. The number of aliphatic hydroxyl groups excluding tert-OH is 2. The van der Waals surface area contributed by atoms with E-state index in [2.05, 4.69) is 37.2 Å². The maximum atomic E-state index is 14.6. The van der Waals surface area contributed by atoms with Crippen LogP contribution in [0.3, 0.4) is 0 Å². The summed E-state index contributed by atoms with van der Waals surface area (Å²) in [5.41, 5.74) is 30.2. The van der Waals surface area contributed by atoms with Crippen molar-refractivity contribution < 1.29 is 63.0 Å². The fourth-order valence-corrected chi connectivity index (χ4v) is 9.88. The molecule has 1 fully saturated rings. The summed E-state index contributed by atoms with van der Waals surface area (Å²) in [6.07, 6.45) is -2.13. The molecule has 1 aromatic carbocycles. The summed E-state index contributed by atoms with van der Waals surface area (Å²) < 4.78 is 0. The Hall–Kier alpha value is -6.09. The molecule has 7 amide bonds. The monoisotopic (exact) mass is 1170 g/mol. The summed E-state index contributed by atoms with van der Waals surface area (Å²) in [7, 11) is 0. The topological polar surface area (TPSA) is 443 Å². The van der Waals surface area contributed by atoms with Crippen molar-refractivity contribution in [3.05, 3.63) is 35.9 Å². The molecular weight excluding hydrogens is 1070 g/mol. The van der Waals surface area contributed by atoms with Gasteiger partial charge in [-0.05, 0) is 116 Å². The third-order valence-corrected chi connectivity index (χ3v) is 14.8. The molecule has 0 aliphatic carbocycles.